The zero-order valence-corrected chi connectivity index (χ0v) is 10.2. The van der Waals surface area contributed by atoms with E-state index in [1.165, 1.54) is 12.3 Å². The molecule has 0 aliphatic rings. The van der Waals surface area contributed by atoms with E-state index in [-0.39, 0.29) is 11.4 Å². The Morgan fingerprint density at radius 2 is 2.11 bits per heavy atom. The van der Waals surface area contributed by atoms with Crippen molar-refractivity contribution >= 4 is 17.7 Å². The summed E-state index contributed by atoms with van der Waals surface area (Å²) in [7, 11) is 0. The van der Waals surface area contributed by atoms with Gasteiger partial charge in [-0.25, -0.2) is 19.2 Å². The second kappa shape index (κ2) is 5.14. The van der Waals surface area contributed by atoms with Crippen molar-refractivity contribution in [1.82, 2.24) is 9.97 Å². The molecule has 0 atom stereocenters. The highest BCUT2D eigenvalue weighted by molar-refractivity contribution is 7.99. The fraction of sp³-hybridized carbons (Fsp3) is 0.0833. The number of aromatic carboxylic acids is 1. The summed E-state index contributed by atoms with van der Waals surface area (Å²) in [5, 5.41) is 9.17. The van der Waals surface area contributed by atoms with Gasteiger partial charge in [-0.05, 0) is 30.8 Å². The van der Waals surface area contributed by atoms with Gasteiger partial charge in [0.05, 0.1) is 16.2 Å². The lowest BCUT2D eigenvalue weighted by molar-refractivity contribution is 0.0695. The molecule has 2 rings (SSSR count). The van der Waals surface area contributed by atoms with E-state index in [2.05, 4.69) is 9.97 Å². The monoisotopic (exact) mass is 264 g/mol. The summed E-state index contributed by atoms with van der Waals surface area (Å²) in [4.78, 5) is 19.1. The fourth-order valence-electron chi connectivity index (χ4n) is 1.33. The molecule has 0 spiro atoms. The van der Waals surface area contributed by atoms with Gasteiger partial charge >= 0.3 is 5.97 Å². The molecule has 0 radical (unpaired) electrons. The largest absolute Gasteiger partial charge is 0.478 e. The zero-order valence-electron chi connectivity index (χ0n) is 9.42. The Labute approximate surface area is 107 Å². The van der Waals surface area contributed by atoms with E-state index in [9.17, 15) is 9.18 Å². The van der Waals surface area contributed by atoms with Crippen LogP contribution in [0.25, 0.3) is 0 Å². The van der Waals surface area contributed by atoms with Crippen LogP contribution in [-0.4, -0.2) is 21.0 Å². The summed E-state index contributed by atoms with van der Waals surface area (Å²) in [6.07, 6.45) is 1.23. The van der Waals surface area contributed by atoms with Crippen LogP contribution in [0.1, 0.15) is 16.1 Å². The van der Waals surface area contributed by atoms with Crippen LogP contribution < -0.4 is 0 Å². The van der Waals surface area contributed by atoms with Gasteiger partial charge in [-0.1, -0.05) is 12.1 Å². The Bertz CT molecular complexity index is 604. The molecule has 0 fully saturated rings. The topological polar surface area (TPSA) is 63.1 Å². The van der Waals surface area contributed by atoms with E-state index in [1.54, 1.807) is 25.1 Å². The third-order valence-corrected chi connectivity index (χ3v) is 3.16. The van der Waals surface area contributed by atoms with Crippen LogP contribution >= 0.6 is 11.8 Å². The van der Waals surface area contributed by atoms with Crippen molar-refractivity contribution in [2.75, 3.05) is 0 Å². The predicted octanol–water partition coefficient (Wildman–Crippen LogP) is 2.77. The molecule has 0 amide bonds. The van der Waals surface area contributed by atoms with Crippen LogP contribution in [0.2, 0.25) is 0 Å². The molecule has 1 N–H and O–H groups in total. The molecule has 0 aliphatic carbocycles. The first-order valence-electron chi connectivity index (χ1n) is 5.07. The van der Waals surface area contributed by atoms with Gasteiger partial charge in [0.25, 0.3) is 0 Å². The molecule has 2 aromatic rings. The van der Waals surface area contributed by atoms with E-state index in [4.69, 9.17) is 5.11 Å². The highest BCUT2D eigenvalue weighted by Gasteiger charge is 2.11. The number of aryl methyl sites for hydroxylation is 1. The molecule has 0 aliphatic heterocycles. The number of rotatable bonds is 3. The fourth-order valence-corrected chi connectivity index (χ4v) is 2.13. The van der Waals surface area contributed by atoms with Gasteiger partial charge in [0, 0.05) is 6.20 Å². The predicted molar refractivity (Wildman–Crippen MR) is 64.3 cm³/mol. The summed E-state index contributed by atoms with van der Waals surface area (Å²) in [5.74, 6) is -1.43. The van der Waals surface area contributed by atoms with E-state index >= 15 is 0 Å². The van der Waals surface area contributed by atoms with E-state index in [0.29, 0.717) is 15.7 Å². The lowest BCUT2D eigenvalue weighted by atomic mass is 10.2. The normalized spacial score (nSPS) is 10.3. The summed E-state index contributed by atoms with van der Waals surface area (Å²) in [5.41, 5.74) is 0.407. The van der Waals surface area contributed by atoms with Crippen LogP contribution in [0, 0.1) is 12.7 Å². The standard InChI is InChI=1S/C12H9FN2O2S/c1-7-8(11(16)17)6-14-12(15-7)18-10-5-3-2-4-9(10)13/h2-6H,1H3,(H,16,17). The smallest absolute Gasteiger partial charge is 0.339 e. The Hall–Kier alpha value is -1.95. The molecular weight excluding hydrogens is 255 g/mol. The minimum atomic E-state index is -1.07. The number of hydrogen-bond donors (Lipinski definition) is 1. The number of carboxylic acids is 1. The molecule has 0 saturated carbocycles. The molecule has 1 aromatic heterocycles. The summed E-state index contributed by atoms with van der Waals surface area (Å²) >= 11 is 1.06. The maximum Gasteiger partial charge on any atom is 0.339 e. The average molecular weight is 264 g/mol. The lowest BCUT2D eigenvalue weighted by Crippen LogP contribution is -2.03. The third kappa shape index (κ3) is 2.65. The van der Waals surface area contributed by atoms with Crippen LogP contribution in [0.3, 0.4) is 0 Å². The van der Waals surface area contributed by atoms with Crippen molar-refractivity contribution < 1.29 is 14.3 Å². The minimum absolute atomic E-state index is 0.0490. The molecule has 92 valence electrons. The summed E-state index contributed by atoms with van der Waals surface area (Å²) in [6, 6.07) is 6.27. The van der Waals surface area contributed by atoms with Crippen molar-refractivity contribution in [3.8, 4) is 0 Å². The van der Waals surface area contributed by atoms with E-state index in [0.717, 1.165) is 11.8 Å². The van der Waals surface area contributed by atoms with Gasteiger partial charge in [-0.15, -0.1) is 0 Å². The van der Waals surface area contributed by atoms with Gasteiger partial charge in [-0.3, -0.25) is 0 Å². The van der Waals surface area contributed by atoms with Crippen LogP contribution in [0.4, 0.5) is 4.39 Å². The molecule has 1 aromatic carbocycles. The average Bonchev–Trinajstić information content (AvgIpc) is 2.32. The first kappa shape index (κ1) is 12.5. The van der Waals surface area contributed by atoms with E-state index in [1.807, 2.05) is 0 Å². The molecule has 18 heavy (non-hydrogen) atoms. The first-order chi connectivity index (χ1) is 8.58. The number of halogens is 1. The summed E-state index contributed by atoms with van der Waals surface area (Å²) in [6.45, 7) is 1.58. The van der Waals surface area contributed by atoms with Gasteiger partial charge in [-0.2, -0.15) is 0 Å². The molecular formula is C12H9FN2O2S. The molecule has 0 saturated heterocycles. The number of carboxylic acid groups (broad SMARTS) is 1. The van der Waals surface area contributed by atoms with Crippen molar-refractivity contribution in [2.24, 2.45) is 0 Å². The maximum absolute atomic E-state index is 13.4. The van der Waals surface area contributed by atoms with Crippen LogP contribution in [-0.2, 0) is 0 Å². The lowest BCUT2D eigenvalue weighted by Gasteiger charge is -2.04. The van der Waals surface area contributed by atoms with Crippen molar-refractivity contribution in [3.05, 3.63) is 47.5 Å². The van der Waals surface area contributed by atoms with Crippen molar-refractivity contribution in [1.29, 1.82) is 0 Å². The SMILES string of the molecule is Cc1nc(Sc2ccccc2F)ncc1C(=O)O. The molecule has 6 heteroatoms. The zero-order chi connectivity index (χ0) is 13.1. The van der Waals surface area contributed by atoms with Gasteiger partial charge in [0.1, 0.15) is 5.82 Å². The highest BCUT2D eigenvalue weighted by Crippen LogP contribution is 2.27. The highest BCUT2D eigenvalue weighted by atomic mass is 32.2. The maximum atomic E-state index is 13.4. The minimum Gasteiger partial charge on any atom is -0.478 e. The number of carbonyl (C=O) groups is 1. The van der Waals surface area contributed by atoms with Crippen LogP contribution in [0.15, 0.2) is 40.5 Å². The van der Waals surface area contributed by atoms with Gasteiger partial charge in [0.15, 0.2) is 5.16 Å². The second-order valence-corrected chi connectivity index (χ2v) is 4.50. The Morgan fingerprint density at radius 1 is 1.39 bits per heavy atom. The number of benzene rings is 1. The number of hydrogen-bond acceptors (Lipinski definition) is 4. The van der Waals surface area contributed by atoms with Crippen molar-refractivity contribution in [2.45, 2.75) is 17.0 Å². The quantitative estimate of drug-likeness (QED) is 0.864. The number of aromatic nitrogens is 2. The second-order valence-electron chi connectivity index (χ2n) is 3.49. The number of nitrogens with zero attached hydrogens (tertiary/aromatic N) is 2. The molecule has 4 nitrogen and oxygen atoms in total. The van der Waals surface area contributed by atoms with E-state index < -0.39 is 5.97 Å². The molecule has 0 unspecified atom stereocenters. The Kier molecular flexibility index (Phi) is 3.57. The summed E-state index contributed by atoms with van der Waals surface area (Å²) < 4.78 is 13.4. The van der Waals surface area contributed by atoms with Gasteiger partial charge < -0.3 is 5.11 Å². The third-order valence-electron chi connectivity index (χ3n) is 2.23. The molecule has 1 heterocycles. The van der Waals surface area contributed by atoms with Crippen molar-refractivity contribution in [3.63, 3.8) is 0 Å². The Morgan fingerprint density at radius 3 is 2.72 bits per heavy atom. The van der Waals surface area contributed by atoms with Gasteiger partial charge in [0.2, 0.25) is 0 Å². The Balaban J connectivity index is 2.29. The van der Waals surface area contributed by atoms with Crippen LogP contribution in [0.5, 0.6) is 0 Å². The first-order valence-corrected chi connectivity index (χ1v) is 5.89. The molecule has 0 bridgehead atoms.